The summed E-state index contributed by atoms with van der Waals surface area (Å²) in [6, 6.07) is 1.46. The molecule has 0 atom stereocenters. The zero-order valence-corrected chi connectivity index (χ0v) is 6.68. The number of rotatable bonds is 1. The van der Waals surface area contributed by atoms with E-state index in [4.69, 9.17) is 5.26 Å². The predicted octanol–water partition coefficient (Wildman–Crippen LogP) is 2.34. The first-order valence-corrected chi connectivity index (χ1v) is 3.41. The van der Waals surface area contributed by atoms with Crippen molar-refractivity contribution in [3.05, 3.63) is 28.8 Å². The summed E-state index contributed by atoms with van der Waals surface area (Å²) < 4.78 is 37.5. The van der Waals surface area contributed by atoms with Gasteiger partial charge in [-0.25, -0.2) is 13.2 Å². The molecule has 0 spiro atoms. The molecular weight excluding hydrogens is 181 g/mol. The highest BCUT2D eigenvalue weighted by Gasteiger charge is 2.20. The van der Waals surface area contributed by atoms with Crippen LogP contribution in [0.1, 0.15) is 23.2 Å². The van der Waals surface area contributed by atoms with Crippen LogP contribution in [0.15, 0.2) is 6.20 Å². The van der Waals surface area contributed by atoms with E-state index in [2.05, 4.69) is 4.98 Å². The number of aromatic nitrogens is 1. The van der Waals surface area contributed by atoms with Gasteiger partial charge in [0.05, 0.1) is 16.8 Å². The summed E-state index contributed by atoms with van der Waals surface area (Å²) in [5.41, 5.74) is -1.41. The van der Waals surface area contributed by atoms with Crippen molar-refractivity contribution in [2.24, 2.45) is 0 Å². The first kappa shape index (κ1) is 9.52. The first-order chi connectivity index (χ1) is 6.07. The number of halogens is 3. The largest absolute Gasteiger partial charge is 0.268 e. The van der Waals surface area contributed by atoms with Crippen LogP contribution in [0.5, 0.6) is 0 Å². The van der Waals surface area contributed by atoms with Gasteiger partial charge < -0.3 is 0 Å². The Bertz CT molecular complexity index is 368. The molecular formula is C8H5F3N2. The summed E-state index contributed by atoms with van der Waals surface area (Å²) in [7, 11) is 0. The fraction of sp³-hybridized carbons (Fsp3) is 0.250. The van der Waals surface area contributed by atoms with Gasteiger partial charge in [-0.2, -0.15) is 5.26 Å². The fourth-order valence-electron chi connectivity index (χ4n) is 0.903. The van der Waals surface area contributed by atoms with Gasteiger partial charge >= 0.3 is 0 Å². The van der Waals surface area contributed by atoms with E-state index in [0.717, 1.165) is 6.20 Å². The summed E-state index contributed by atoms with van der Waals surface area (Å²) in [5, 5.41) is 8.39. The number of hydrogen-bond donors (Lipinski definition) is 0. The maximum Gasteiger partial charge on any atom is 0.268 e. The van der Waals surface area contributed by atoms with Crippen LogP contribution < -0.4 is 0 Å². The number of nitriles is 1. The fourth-order valence-corrected chi connectivity index (χ4v) is 0.903. The molecule has 13 heavy (non-hydrogen) atoms. The molecule has 0 radical (unpaired) electrons. The molecule has 0 bridgehead atoms. The molecule has 0 saturated carbocycles. The lowest BCUT2D eigenvalue weighted by atomic mass is 10.1. The number of aryl methyl sites for hydroxylation is 1. The Morgan fingerprint density at radius 3 is 2.62 bits per heavy atom. The standard InChI is InChI=1S/C8H5F3N2/c1-4-7(9)6(8(10)11)5(2-12)3-13-4/h3,8H,1H3. The minimum atomic E-state index is -2.99. The number of hydrogen-bond acceptors (Lipinski definition) is 2. The van der Waals surface area contributed by atoms with Crippen molar-refractivity contribution in [1.82, 2.24) is 4.98 Å². The van der Waals surface area contributed by atoms with Gasteiger partial charge in [-0.15, -0.1) is 0 Å². The Kier molecular flexibility index (Phi) is 2.52. The van der Waals surface area contributed by atoms with Gasteiger partial charge in [0.1, 0.15) is 6.07 Å². The van der Waals surface area contributed by atoms with E-state index in [9.17, 15) is 13.2 Å². The predicted molar refractivity (Wildman–Crippen MR) is 38.6 cm³/mol. The monoisotopic (exact) mass is 186 g/mol. The Morgan fingerprint density at radius 1 is 1.54 bits per heavy atom. The molecule has 0 aliphatic carbocycles. The lowest BCUT2D eigenvalue weighted by Gasteiger charge is -2.04. The molecule has 0 amide bonds. The molecule has 0 fully saturated rings. The quantitative estimate of drug-likeness (QED) is 0.674. The van der Waals surface area contributed by atoms with Crippen molar-refractivity contribution in [3.8, 4) is 6.07 Å². The molecule has 68 valence electrons. The molecule has 0 aromatic carbocycles. The molecule has 0 N–H and O–H groups in total. The summed E-state index contributed by atoms with van der Waals surface area (Å²) in [6.45, 7) is 1.27. The molecule has 0 unspecified atom stereocenters. The molecule has 1 rings (SSSR count). The molecule has 0 aliphatic rings. The van der Waals surface area contributed by atoms with Crippen molar-refractivity contribution in [1.29, 1.82) is 5.26 Å². The highest BCUT2D eigenvalue weighted by molar-refractivity contribution is 5.38. The van der Waals surface area contributed by atoms with Crippen molar-refractivity contribution < 1.29 is 13.2 Å². The zero-order valence-electron chi connectivity index (χ0n) is 6.68. The Labute approximate surface area is 72.6 Å². The van der Waals surface area contributed by atoms with E-state index < -0.39 is 23.4 Å². The van der Waals surface area contributed by atoms with Gasteiger partial charge in [0.2, 0.25) is 0 Å². The second-order valence-electron chi connectivity index (χ2n) is 2.40. The second-order valence-corrected chi connectivity index (χ2v) is 2.40. The zero-order chi connectivity index (χ0) is 10.0. The minimum absolute atomic E-state index is 0.130. The SMILES string of the molecule is Cc1ncc(C#N)c(C(F)F)c1F. The number of nitrogens with zero attached hydrogens (tertiary/aromatic N) is 2. The van der Waals surface area contributed by atoms with Gasteiger partial charge in [0.15, 0.2) is 5.82 Å². The van der Waals surface area contributed by atoms with Crippen LogP contribution in [0.2, 0.25) is 0 Å². The molecule has 1 aromatic rings. The topological polar surface area (TPSA) is 36.7 Å². The highest BCUT2D eigenvalue weighted by atomic mass is 19.3. The van der Waals surface area contributed by atoms with E-state index in [1.54, 1.807) is 0 Å². The van der Waals surface area contributed by atoms with E-state index in [0.29, 0.717) is 0 Å². The Balaban J connectivity index is 3.43. The van der Waals surface area contributed by atoms with Crippen LogP contribution in [0.25, 0.3) is 0 Å². The third-order valence-corrected chi connectivity index (χ3v) is 1.57. The third kappa shape index (κ3) is 1.61. The highest BCUT2D eigenvalue weighted by Crippen LogP contribution is 2.25. The summed E-state index contributed by atoms with van der Waals surface area (Å²) in [5.74, 6) is -1.10. The van der Waals surface area contributed by atoms with E-state index >= 15 is 0 Å². The van der Waals surface area contributed by atoms with Crippen molar-refractivity contribution in [2.75, 3.05) is 0 Å². The Hall–Kier alpha value is -1.57. The van der Waals surface area contributed by atoms with Gasteiger partial charge in [-0.1, -0.05) is 0 Å². The summed E-state index contributed by atoms with van der Waals surface area (Å²) in [4.78, 5) is 3.46. The van der Waals surface area contributed by atoms with Crippen LogP contribution in [-0.2, 0) is 0 Å². The van der Waals surface area contributed by atoms with Gasteiger partial charge in [0.25, 0.3) is 6.43 Å². The summed E-state index contributed by atoms with van der Waals surface area (Å²) >= 11 is 0. The third-order valence-electron chi connectivity index (χ3n) is 1.57. The lowest BCUT2D eigenvalue weighted by molar-refractivity contribution is 0.145. The number of pyridine rings is 1. The molecule has 0 aliphatic heterocycles. The lowest BCUT2D eigenvalue weighted by Crippen LogP contribution is -2.00. The minimum Gasteiger partial charge on any atom is -0.257 e. The summed E-state index contributed by atoms with van der Waals surface area (Å²) in [6.07, 6.45) is -2.05. The second kappa shape index (κ2) is 3.44. The van der Waals surface area contributed by atoms with E-state index in [1.165, 1.54) is 13.0 Å². The average molecular weight is 186 g/mol. The molecule has 1 aromatic heterocycles. The number of alkyl halides is 2. The average Bonchev–Trinajstić information content (AvgIpc) is 2.08. The normalized spacial score (nSPS) is 10.2. The van der Waals surface area contributed by atoms with Crippen LogP contribution in [0, 0.1) is 24.1 Å². The van der Waals surface area contributed by atoms with Gasteiger partial charge in [0, 0.05) is 6.20 Å². The van der Waals surface area contributed by atoms with E-state index in [1.807, 2.05) is 0 Å². The van der Waals surface area contributed by atoms with Crippen molar-refractivity contribution in [2.45, 2.75) is 13.3 Å². The first-order valence-electron chi connectivity index (χ1n) is 3.41. The van der Waals surface area contributed by atoms with Gasteiger partial charge in [-0.05, 0) is 6.92 Å². The van der Waals surface area contributed by atoms with Crippen LogP contribution in [0.3, 0.4) is 0 Å². The van der Waals surface area contributed by atoms with Crippen molar-refractivity contribution >= 4 is 0 Å². The maximum atomic E-state index is 13.0. The van der Waals surface area contributed by atoms with Crippen molar-refractivity contribution in [3.63, 3.8) is 0 Å². The molecule has 0 saturated heterocycles. The molecule has 1 heterocycles. The maximum absolute atomic E-state index is 13.0. The van der Waals surface area contributed by atoms with E-state index in [-0.39, 0.29) is 5.69 Å². The smallest absolute Gasteiger partial charge is 0.257 e. The van der Waals surface area contributed by atoms with Crippen LogP contribution >= 0.6 is 0 Å². The molecule has 5 heteroatoms. The van der Waals surface area contributed by atoms with Gasteiger partial charge in [-0.3, -0.25) is 4.98 Å². The molecule has 2 nitrogen and oxygen atoms in total. The van der Waals surface area contributed by atoms with Crippen LogP contribution in [-0.4, -0.2) is 4.98 Å². The van der Waals surface area contributed by atoms with Crippen LogP contribution in [0.4, 0.5) is 13.2 Å². The Morgan fingerprint density at radius 2 is 2.15 bits per heavy atom.